The van der Waals surface area contributed by atoms with Gasteiger partial charge < -0.3 is 10.1 Å². The quantitative estimate of drug-likeness (QED) is 0.440. The number of carbonyl (C=O) groups excluding carboxylic acids is 2. The molecule has 1 aromatic carbocycles. The minimum Gasteiger partial charge on any atom is -0.462 e. The third kappa shape index (κ3) is 4.32. The fraction of sp³-hybridized carbons (Fsp3) is 0.333. The third-order valence-electron chi connectivity index (χ3n) is 4.50. The molecule has 0 unspecified atom stereocenters. The van der Waals surface area contributed by atoms with Gasteiger partial charge in [0.15, 0.2) is 11.6 Å². The molecule has 0 spiro atoms. The summed E-state index contributed by atoms with van der Waals surface area (Å²) in [6, 6.07) is 6.06. The highest BCUT2D eigenvalue weighted by Crippen LogP contribution is 2.27. The Morgan fingerprint density at radius 2 is 1.93 bits per heavy atom. The molecule has 1 amide bonds. The third-order valence-corrected chi connectivity index (χ3v) is 4.90. The maximum atomic E-state index is 12.4. The number of nitrogens with zero attached hydrogens (tertiary/aromatic N) is 3. The van der Waals surface area contributed by atoms with E-state index in [0.717, 1.165) is 22.0 Å². The van der Waals surface area contributed by atoms with Crippen LogP contribution in [0.2, 0.25) is 0 Å². The summed E-state index contributed by atoms with van der Waals surface area (Å²) in [4.78, 5) is 29.4. The highest BCUT2D eigenvalue weighted by atomic mass is 79.9. The van der Waals surface area contributed by atoms with E-state index in [1.54, 1.807) is 6.92 Å². The second-order valence-electron chi connectivity index (χ2n) is 6.80. The number of hydrogen-bond acceptors (Lipinski definition) is 5. The number of ether oxygens (including phenoxy) is 1. The van der Waals surface area contributed by atoms with Crippen molar-refractivity contribution in [2.24, 2.45) is 0 Å². The number of esters is 1. The van der Waals surface area contributed by atoms with Crippen molar-refractivity contribution in [2.45, 2.75) is 34.1 Å². The number of amides is 1. The van der Waals surface area contributed by atoms with Gasteiger partial charge in [-0.3, -0.25) is 4.79 Å². The summed E-state index contributed by atoms with van der Waals surface area (Å²) in [5.74, 6) is -0.00671. The molecule has 3 aromatic rings. The summed E-state index contributed by atoms with van der Waals surface area (Å²) < 4.78 is 6.59. The average molecular weight is 459 g/mol. The number of fused-ring (bicyclic) bond motifs is 1. The van der Waals surface area contributed by atoms with Crippen LogP contribution in [-0.4, -0.2) is 38.6 Å². The highest BCUT2D eigenvalue weighted by molar-refractivity contribution is 9.09. The average Bonchev–Trinajstić information content (AvgIpc) is 3.06. The highest BCUT2D eigenvalue weighted by Gasteiger charge is 2.22. The lowest BCUT2D eigenvalue weighted by molar-refractivity contribution is -0.115. The van der Waals surface area contributed by atoms with E-state index in [-0.39, 0.29) is 30.3 Å². The minimum atomic E-state index is -0.544. The van der Waals surface area contributed by atoms with Crippen molar-refractivity contribution in [1.82, 2.24) is 14.8 Å². The Bertz CT molecular complexity index is 1090. The van der Waals surface area contributed by atoms with E-state index < -0.39 is 5.97 Å². The molecule has 2 heterocycles. The zero-order valence-electron chi connectivity index (χ0n) is 16.9. The Balaban J connectivity index is 2.17. The number of hydrogen-bond donors (Lipinski definition) is 1. The van der Waals surface area contributed by atoms with E-state index in [4.69, 9.17) is 9.72 Å². The lowest BCUT2D eigenvalue weighted by Crippen LogP contribution is -2.18. The van der Waals surface area contributed by atoms with Gasteiger partial charge in [0.2, 0.25) is 5.91 Å². The Morgan fingerprint density at radius 3 is 2.62 bits per heavy atom. The Morgan fingerprint density at radius 1 is 1.17 bits per heavy atom. The van der Waals surface area contributed by atoms with Gasteiger partial charge in [-0.2, -0.15) is 9.78 Å². The molecule has 0 bridgehead atoms. The van der Waals surface area contributed by atoms with Gasteiger partial charge in [-0.05, 0) is 51.0 Å². The van der Waals surface area contributed by atoms with Crippen molar-refractivity contribution in [1.29, 1.82) is 0 Å². The van der Waals surface area contributed by atoms with Crippen LogP contribution in [-0.2, 0) is 9.53 Å². The second-order valence-corrected chi connectivity index (χ2v) is 7.59. The number of aryl methyl sites for hydroxylation is 3. The van der Waals surface area contributed by atoms with Crippen molar-refractivity contribution in [2.75, 3.05) is 17.3 Å². The standard InChI is InChI=1S/C21H23BrN4O3/c1-5-29-21(28)16-11-23-26(20(16)25-18(27)6-7-22)17-10-13(3)15-9-12(2)8-14(4)19(15)24-17/h8-11H,5-7H2,1-4H3,(H,25,27). The van der Waals surface area contributed by atoms with Gasteiger partial charge in [-0.1, -0.05) is 27.6 Å². The fourth-order valence-electron chi connectivity index (χ4n) is 3.22. The minimum absolute atomic E-state index is 0.190. The molecule has 2 aromatic heterocycles. The smallest absolute Gasteiger partial charge is 0.343 e. The summed E-state index contributed by atoms with van der Waals surface area (Å²) in [7, 11) is 0. The van der Waals surface area contributed by atoms with Crippen molar-refractivity contribution in [3.63, 3.8) is 0 Å². The van der Waals surface area contributed by atoms with Crippen molar-refractivity contribution in [3.8, 4) is 5.82 Å². The zero-order chi connectivity index (χ0) is 21.1. The molecule has 3 rings (SSSR count). The van der Waals surface area contributed by atoms with Gasteiger partial charge in [0.1, 0.15) is 5.56 Å². The van der Waals surface area contributed by atoms with Gasteiger partial charge in [-0.25, -0.2) is 9.78 Å². The van der Waals surface area contributed by atoms with Crippen LogP contribution in [0.3, 0.4) is 0 Å². The predicted molar refractivity (Wildman–Crippen MR) is 116 cm³/mol. The Labute approximate surface area is 177 Å². The second kappa shape index (κ2) is 8.73. The first-order valence-electron chi connectivity index (χ1n) is 9.35. The first kappa shape index (κ1) is 21.0. The van der Waals surface area contributed by atoms with E-state index in [1.165, 1.54) is 16.4 Å². The molecular weight excluding hydrogens is 436 g/mol. The molecule has 0 atom stereocenters. The van der Waals surface area contributed by atoms with Crippen LogP contribution in [0.15, 0.2) is 24.4 Å². The SMILES string of the molecule is CCOC(=O)c1cnn(-c2cc(C)c3cc(C)cc(C)c3n2)c1NC(=O)CCBr. The van der Waals surface area contributed by atoms with Gasteiger partial charge in [0.25, 0.3) is 0 Å². The van der Waals surface area contributed by atoms with Gasteiger partial charge in [0, 0.05) is 17.1 Å². The summed E-state index contributed by atoms with van der Waals surface area (Å²) in [5, 5.41) is 8.68. The monoisotopic (exact) mass is 458 g/mol. The van der Waals surface area contributed by atoms with Crippen LogP contribution >= 0.6 is 15.9 Å². The number of rotatable bonds is 6. The number of carbonyl (C=O) groups is 2. The van der Waals surface area contributed by atoms with Crippen LogP contribution < -0.4 is 5.32 Å². The lowest BCUT2D eigenvalue weighted by atomic mass is 10.0. The molecule has 8 heteroatoms. The van der Waals surface area contributed by atoms with Gasteiger partial charge in [0.05, 0.1) is 18.3 Å². The summed E-state index contributed by atoms with van der Waals surface area (Å²) in [6.45, 7) is 8.02. The van der Waals surface area contributed by atoms with Crippen molar-refractivity contribution < 1.29 is 14.3 Å². The van der Waals surface area contributed by atoms with E-state index in [9.17, 15) is 9.59 Å². The summed E-state index contributed by atoms with van der Waals surface area (Å²) in [5.41, 5.74) is 4.29. The van der Waals surface area contributed by atoms with E-state index in [0.29, 0.717) is 11.1 Å². The van der Waals surface area contributed by atoms with E-state index in [1.807, 2.05) is 19.9 Å². The molecule has 0 aliphatic carbocycles. The zero-order valence-corrected chi connectivity index (χ0v) is 18.5. The number of halogens is 1. The number of pyridine rings is 1. The van der Waals surface area contributed by atoms with Crippen LogP contribution in [0.5, 0.6) is 0 Å². The maximum Gasteiger partial charge on any atom is 0.343 e. The predicted octanol–water partition coefficient (Wildman–Crippen LogP) is 4.25. The maximum absolute atomic E-state index is 12.4. The first-order chi connectivity index (χ1) is 13.8. The number of aromatic nitrogens is 3. The molecule has 1 N–H and O–H groups in total. The van der Waals surface area contributed by atoms with E-state index in [2.05, 4.69) is 45.4 Å². The van der Waals surface area contributed by atoms with Crippen molar-refractivity contribution in [3.05, 3.63) is 46.6 Å². The summed E-state index contributed by atoms with van der Waals surface area (Å²) >= 11 is 3.25. The normalized spacial score (nSPS) is 10.9. The molecule has 29 heavy (non-hydrogen) atoms. The van der Waals surface area contributed by atoms with Crippen LogP contribution in [0.4, 0.5) is 5.82 Å². The van der Waals surface area contributed by atoms with Crippen LogP contribution in [0, 0.1) is 20.8 Å². The van der Waals surface area contributed by atoms with Crippen LogP contribution in [0.25, 0.3) is 16.7 Å². The molecule has 0 saturated carbocycles. The molecule has 0 radical (unpaired) electrons. The van der Waals surface area contributed by atoms with Gasteiger partial charge in [-0.15, -0.1) is 0 Å². The fourth-order valence-corrected chi connectivity index (χ4v) is 3.58. The molecule has 152 valence electrons. The molecule has 0 aliphatic heterocycles. The number of alkyl halides is 1. The topological polar surface area (TPSA) is 86.1 Å². The number of anilines is 1. The van der Waals surface area contributed by atoms with Crippen LogP contribution in [0.1, 0.15) is 40.4 Å². The molecule has 0 aliphatic rings. The van der Waals surface area contributed by atoms with E-state index >= 15 is 0 Å². The molecule has 7 nitrogen and oxygen atoms in total. The van der Waals surface area contributed by atoms with Gasteiger partial charge >= 0.3 is 5.97 Å². The number of benzene rings is 1. The first-order valence-corrected chi connectivity index (χ1v) is 10.5. The lowest BCUT2D eigenvalue weighted by Gasteiger charge is -2.13. The molecule has 0 saturated heterocycles. The number of nitrogens with one attached hydrogen (secondary N) is 1. The molecule has 0 fully saturated rings. The Kier molecular flexibility index (Phi) is 6.32. The Hall–Kier alpha value is -2.74. The molecular formula is C21H23BrN4O3. The van der Waals surface area contributed by atoms with Crippen molar-refractivity contribution >= 4 is 44.5 Å². The summed E-state index contributed by atoms with van der Waals surface area (Å²) in [6.07, 6.45) is 1.65. The largest absolute Gasteiger partial charge is 0.462 e.